The Morgan fingerprint density at radius 1 is 1.24 bits per heavy atom. The Labute approximate surface area is 103 Å². The van der Waals surface area contributed by atoms with Gasteiger partial charge in [-0.3, -0.25) is 0 Å². The number of nitrogens with one attached hydrogen (secondary N) is 1. The average Bonchev–Trinajstić information content (AvgIpc) is 2.97. The highest BCUT2D eigenvalue weighted by Crippen LogP contribution is 2.34. The lowest BCUT2D eigenvalue weighted by Crippen LogP contribution is -2.17. The van der Waals surface area contributed by atoms with Crippen LogP contribution in [0.2, 0.25) is 0 Å². The summed E-state index contributed by atoms with van der Waals surface area (Å²) in [5.41, 5.74) is 8.42. The summed E-state index contributed by atoms with van der Waals surface area (Å²) in [6.45, 7) is 0.823. The maximum Gasteiger partial charge on any atom is 0.109 e. The van der Waals surface area contributed by atoms with E-state index in [1.807, 2.05) is 0 Å². The highest BCUT2D eigenvalue weighted by atomic mass is 14.9. The minimum Gasteiger partial charge on any atom is -0.345 e. The molecule has 1 aromatic heterocycles. The zero-order valence-electron chi connectivity index (χ0n) is 10.5. The minimum absolute atomic E-state index is 0.716. The summed E-state index contributed by atoms with van der Waals surface area (Å²) in [5.74, 6) is 2.78. The SMILES string of the molecule is NCCC1CCc2nc(C3CCCC3)[nH]c2C1. The smallest absolute Gasteiger partial charge is 0.109 e. The van der Waals surface area contributed by atoms with Crippen molar-refractivity contribution < 1.29 is 0 Å². The molecule has 1 unspecified atom stereocenters. The van der Waals surface area contributed by atoms with Crippen molar-refractivity contribution in [2.24, 2.45) is 11.7 Å². The fourth-order valence-electron chi connectivity index (χ4n) is 3.45. The van der Waals surface area contributed by atoms with Gasteiger partial charge < -0.3 is 10.7 Å². The largest absolute Gasteiger partial charge is 0.345 e. The van der Waals surface area contributed by atoms with Crippen LogP contribution in [0.25, 0.3) is 0 Å². The molecule has 3 N–H and O–H groups in total. The van der Waals surface area contributed by atoms with Crippen molar-refractivity contribution in [3.8, 4) is 0 Å². The van der Waals surface area contributed by atoms with E-state index in [1.165, 1.54) is 55.7 Å². The number of aromatic amines is 1. The van der Waals surface area contributed by atoms with Crippen LogP contribution in [-0.2, 0) is 12.8 Å². The van der Waals surface area contributed by atoms with Gasteiger partial charge in [0.15, 0.2) is 0 Å². The molecule has 1 saturated carbocycles. The van der Waals surface area contributed by atoms with Crippen LogP contribution in [0.3, 0.4) is 0 Å². The van der Waals surface area contributed by atoms with E-state index in [4.69, 9.17) is 10.7 Å². The van der Waals surface area contributed by atoms with Crippen molar-refractivity contribution in [1.29, 1.82) is 0 Å². The predicted molar refractivity (Wildman–Crippen MR) is 69.0 cm³/mol. The van der Waals surface area contributed by atoms with Crippen LogP contribution < -0.4 is 5.73 Å². The standard InChI is InChI=1S/C14H23N3/c15-8-7-10-5-6-12-13(9-10)17-14(16-12)11-3-1-2-4-11/h10-11H,1-9,15H2,(H,16,17). The van der Waals surface area contributed by atoms with Gasteiger partial charge in [0.05, 0.1) is 5.69 Å². The number of hydrogen-bond acceptors (Lipinski definition) is 2. The second-order valence-electron chi connectivity index (χ2n) is 5.71. The molecule has 0 saturated heterocycles. The van der Waals surface area contributed by atoms with E-state index in [2.05, 4.69) is 4.98 Å². The third-order valence-corrected chi connectivity index (χ3v) is 4.48. The quantitative estimate of drug-likeness (QED) is 0.843. The zero-order valence-corrected chi connectivity index (χ0v) is 10.5. The molecule has 17 heavy (non-hydrogen) atoms. The van der Waals surface area contributed by atoms with Gasteiger partial charge >= 0.3 is 0 Å². The molecule has 0 bridgehead atoms. The molecule has 0 amide bonds. The van der Waals surface area contributed by atoms with E-state index in [1.54, 1.807) is 0 Å². The van der Waals surface area contributed by atoms with Gasteiger partial charge in [0.25, 0.3) is 0 Å². The highest BCUT2D eigenvalue weighted by molar-refractivity contribution is 5.20. The summed E-state index contributed by atoms with van der Waals surface area (Å²) in [7, 11) is 0. The Morgan fingerprint density at radius 2 is 2.06 bits per heavy atom. The molecular weight excluding hydrogens is 210 g/mol. The molecule has 1 fully saturated rings. The van der Waals surface area contributed by atoms with Crippen LogP contribution in [0.4, 0.5) is 0 Å². The predicted octanol–water partition coefficient (Wildman–Crippen LogP) is 2.52. The summed E-state index contributed by atoms with van der Waals surface area (Å²) in [5, 5.41) is 0. The Morgan fingerprint density at radius 3 is 2.82 bits per heavy atom. The van der Waals surface area contributed by atoms with E-state index < -0.39 is 0 Å². The van der Waals surface area contributed by atoms with Crippen molar-refractivity contribution in [3.05, 3.63) is 17.2 Å². The van der Waals surface area contributed by atoms with E-state index in [-0.39, 0.29) is 0 Å². The van der Waals surface area contributed by atoms with Gasteiger partial charge in [-0.05, 0) is 51.0 Å². The first-order valence-electron chi connectivity index (χ1n) is 7.14. The molecular formula is C14H23N3. The highest BCUT2D eigenvalue weighted by Gasteiger charge is 2.25. The molecule has 2 aliphatic carbocycles. The van der Waals surface area contributed by atoms with Gasteiger partial charge in [-0.2, -0.15) is 0 Å². The topological polar surface area (TPSA) is 54.7 Å². The Bertz CT molecular complexity index is 377. The van der Waals surface area contributed by atoms with Crippen molar-refractivity contribution in [2.75, 3.05) is 6.54 Å². The van der Waals surface area contributed by atoms with Crippen LogP contribution >= 0.6 is 0 Å². The number of fused-ring (bicyclic) bond motifs is 1. The average molecular weight is 233 g/mol. The Kier molecular flexibility index (Phi) is 3.19. The first kappa shape index (κ1) is 11.3. The monoisotopic (exact) mass is 233 g/mol. The summed E-state index contributed by atoms with van der Waals surface area (Å²) >= 11 is 0. The van der Waals surface area contributed by atoms with Gasteiger partial charge in [-0.15, -0.1) is 0 Å². The van der Waals surface area contributed by atoms with E-state index in [0.29, 0.717) is 5.92 Å². The fourth-order valence-corrected chi connectivity index (χ4v) is 3.45. The Hall–Kier alpha value is -0.830. The summed E-state index contributed by atoms with van der Waals surface area (Å²) in [4.78, 5) is 8.45. The second-order valence-corrected chi connectivity index (χ2v) is 5.71. The molecule has 3 nitrogen and oxygen atoms in total. The van der Waals surface area contributed by atoms with E-state index in [9.17, 15) is 0 Å². The molecule has 2 aliphatic rings. The number of imidazole rings is 1. The molecule has 1 aromatic rings. The summed E-state index contributed by atoms with van der Waals surface area (Å²) in [6.07, 6.45) is 10.2. The summed E-state index contributed by atoms with van der Waals surface area (Å²) < 4.78 is 0. The lowest BCUT2D eigenvalue weighted by atomic mass is 9.87. The van der Waals surface area contributed by atoms with Gasteiger partial charge in [-0.25, -0.2) is 4.98 Å². The molecule has 0 aromatic carbocycles. The third-order valence-electron chi connectivity index (χ3n) is 4.48. The molecule has 94 valence electrons. The number of aromatic nitrogens is 2. The first-order valence-corrected chi connectivity index (χ1v) is 7.14. The maximum atomic E-state index is 5.66. The van der Waals surface area contributed by atoms with Gasteiger partial charge in [0.1, 0.15) is 5.82 Å². The molecule has 1 heterocycles. The maximum absolute atomic E-state index is 5.66. The number of nitrogens with zero attached hydrogens (tertiary/aromatic N) is 1. The van der Waals surface area contributed by atoms with Crippen LogP contribution in [0.15, 0.2) is 0 Å². The van der Waals surface area contributed by atoms with Gasteiger partial charge in [-0.1, -0.05) is 12.8 Å². The number of hydrogen-bond donors (Lipinski definition) is 2. The molecule has 0 radical (unpaired) electrons. The van der Waals surface area contributed by atoms with Crippen LogP contribution in [0.5, 0.6) is 0 Å². The first-order chi connectivity index (χ1) is 8.36. The van der Waals surface area contributed by atoms with Gasteiger partial charge in [0, 0.05) is 11.6 Å². The Balaban J connectivity index is 1.74. The lowest BCUT2D eigenvalue weighted by molar-refractivity contribution is 0.426. The number of aryl methyl sites for hydroxylation is 1. The van der Waals surface area contributed by atoms with Crippen molar-refractivity contribution in [3.63, 3.8) is 0 Å². The molecule has 1 atom stereocenters. The number of rotatable bonds is 3. The van der Waals surface area contributed by atoms with Gasteiger partial charge in [0.2, 0.25) is 0 Å². The second kappa shape index (κ2) is 4.81. The molecule has 0 spiro atoms. The number of H-pyrrole nitrogens is 1. The number of nitrogens with two attached hydrogens (primary N) is 1. The lowest BCUT2D eigenvalue weighted by Gasteiger charge is -2.20. The van der Waals surface area contributed by atoms with E-state index in [0.717, 1.165) is 25.3 Å². The van der Waals surface area contributed by atoms with E-state index >= 15 is 0 Å². The van der Waals surface area contributed by atoms with Crippen LogP contribution in [0, 0.1) is 5.92 Å². The van der Waals surface area contributed by atoms with Crippen molar-refractivity contribution in [2.45, 2.75) is 57.3 Å². The normalized spacial score (nSPS) is 25.1. The molecule has 3 rings (SSSR count). The third kappa shape index (κ3) is 2.25. The van der Waals surface area contributed by atoms with Crippen molar-refractivity contribution >= 4 is 0 Å². The minimum atomic E-state index is 0.716. The van der Waals surface area contributed by atoms with Crippen LogP contribution in [0.1, 0.15) is 61.7 Å². The zero-order chi connectivity index (χ0) is 11.7. The van der Waals surface area contributed by atoms with Crippen LogP contribution in [-0.4, -0.2) is 16.5 Å². The molecule has 0 aliphatic heterocycles. The van der Waals surface area contributed by atoms with Crippen molar-refractivity contribution in [1.82, 2.24) is 9.97 Å². The summed E-state index contributed by atoms with van der Waals surface area (Å²) in [6, 6.07) is 0. The fraction of sp³-hybridized carbons (Fsp3) is 0.786. The molecule has 3 heteroatoms.